The topological polar surface area (TPSA) is 12.0 Å². The van der Waals surface area contributed by atoms with Gasteiger partial charge in [0.1, 0.15) is 5.82 Å². The number of hydrogen-bond donors (Lipinski definition) is 1. The molecule has 1 N–H and O–H groups in total. The molecule has 3 atom stereocenters. The largest absolute Gasteiger partial charge is 0.309 e. The van der Waals surface area contributed by atoms with Gasteiger partial charge >= 0.3 is 0 Å². The van der Waals surface area contributed by atoms with Crippen molar-refractivity contribution in [2.75, 3.05) is 6.54 Å². The minimum Gasteiger partial charge on any atom is -0.309 e. The van der Waals surface area contributed by atoms with Crippen molar-refractivity contribution in [3.63, 3.8) is 0 Å². The quantitative estimate of drug-likeness (QED) is 0.639. The maximum absolute atomic E-state index is 13.2. The van der Waals surface area contributed by atoms with Gasteiger partial charge in [0.25, 0.3) is 0 Å². The monoisotopic (exact) mass is 331 g/mol. The molecule has 2 heteroatoms. The summed E-state index contributed by atoms with van der Waals surface area (Å²) in [7, 11) is 0. The molecule has 0 spiro atoms. The van der Waals surface area contributed by atoms with Crippen LogP contribution in [0.3, 0.4) is 0 Å². The van der Waals surface area contributed by atoms with Gasteiger partial charge in [0.15, 0.2) is 0 Å². The summed E-state index contributed by atoms with van der Waals surface area (Å²) >= 11 is 0. The zero-order chi connectivity index (χ0) is 17.2. The molecule has 2 aliphatic rings. The van der Waals surface area contributed by atoms with Crippen LogP contribution in [-0.2, 0) is 6.42 Å². The van der Waals surface area contributed by atoms with Gasteiger partial charge in [-0.05, 0) is 66.1 Å². The van der Waals surface area contributed by atoms with Crippen molar-refractivity contribution in [2.45, 2.75) is 25.8 Å². The molecule has 126 valence electrons. The number of halogens is 1. The molecule has 0 amide bonds. The van der Waals surface area contributed by atoms with Crippen molar-refractivity contribution in [3.8, 4) is 11.8 Å². The second kappa shape index (κ2) is 6.86. The molecule has 4 rings (SSSR count). The third-order valence-corrected chi connectivity index (χ3v) is 5.33. The second-order valence-corrected chi connectivity index (χ2v) is 7.08. The fourth-order valence-corrected chi connectivity index (χ4v) is 3.64. The summed E-state index contributed by atoms with van der Waals surface area (Å²) < 4.78 is 13.2. The minimum atomic E-state index is -0.245. The predicted molar refractivity (Wildman–Crippen MR) is 99.7 cm³/mol. The average Bonchev–Trinajstić information content (AvgIpc) is 3.01. The summed E-state index contributed by atoms with van der Waals surface area (Å²) in [4.78, 5) is 0. The number of fused-ring (bicyclic) bond motifs is 1. The van der Waals surface area contributed by atoms with E-state index >= 15 is 0 Å². The Morgan fingerprint density at radius 3 is 2.64 bits per heavy atom. The van der Waals surface area contributed by atoms with Crippen LogP contribution in [0.2, 0.25) is 0 Å². The molecule has 2 aromatic carbocycles. The normalized spacial score (nSPS) is 23.5. The van der Waals surface area contributed by atoms with E-state index in [9.17, 15) is 4.39 Å². The molecule has 3 unspecified atom stereocenters. The molecule has 0 aliphatic heterocycles. The number of hydrogen-bond acceptors (Lipinski definition) is 1. The number of allylic oxidation sites excluding steroid dienone is 1. The molecule has 2 aromatic rings. The van der Waals surface area contributed by atoms with Gasteiger partial charge in [0.2, 0.25) is 0 Å². The van der Waals surface area contributed by atoms with Crippen LogP contribution in [0.25, 0.3) is 0 Å². The van der Waals surface area contributed by atoms with Crippen molar-refractivity contribution in [3.05, 3.63) is 82.7 Å². The van der Waals surface area contributed by atoms with Crippen LogP contribution in [0, 0.1) is 29.5 Å². The fourth-order valence-electron chi connectivity index (χ4n) is 3.64. The molecule has 0 fully saturated rings. The van der Waals surface area contributed by atoms with E-state index in [1.165, 1.54) is 23.3 Å². The summed E-state index contributed by atoms with van der Waals surface area (Å²) in [6, 6.07) is 13.4. The summed E-state index contributed by atoms with van der Waals surface area (Å²) in [6.07, 6.45) is 6.83. The zero-order valence-electron chi connectivity index (χ0n) is 14.4. The van der Waals surface area contributed by atoms with Gasteiger partial charge in [0.05, 0.1) is 0 Å². The first kappa shape index (κ1) is 16.1. The highest BCUT2D eigenvalue weighted by Crippen LogP contribution is 2.33. The SMILES string of the molecule is CC1C=CC1CNC1CCc2cc(C#Cc3cccc(F)c3)ccc21. The Hall–Kier alpha value is -2.37. The third kappa shape index (κ3) is 3.52. The smallest absolute Gasteiger partial charge is 0.124 e. The summed E-state index contributed by atoms with van der Waals surface area (Å²) in [6.45, 7) is 3.33. The molecule has 0 aromatic heterocycles. The van der Waals surface area contributed by atoms with E-state index in [4.69, 9.17) is 0 Å². The Morgan fingerprint density at radius 1 is 1.08 bits per heavy atom. The zero-order valence-corrected chi connectivity index (χ0v) is 14.4. The van der Waals surface area contributed by atoms with Crippen LogP contribution < -0.4 is 5.32 Å². The summed E-state index contributed by atoms with van der Waals surface area (Å²) in [5.74, 6) is 7.35. The maximum Gasteiger partial charge on any atom is 0.124 e. The molecule has 0 radical (unpaired) electrons. The Kier molecular flexibility index (Phi) is 4.42. The van der Waals surface area contributed by atoms with E-state index in [0.717, 1.165) is 24.9 Å². The van der Waals surface area contributed by atoms with Gasteiger partial charge in [-0.25, -0.2) is 4.39 Å². The molecule has 1 nitrogen and oxygen atoms in total. The van der Waals surface area contributed by atoms with Gasteiger partial charge in [-0.3, -0.25) is 0 Å². The lowest BCUT2D eigenvalue weighted by Crippen LogP contribution is -2.31. The standard InChI is InChI=1S/C23H22FN/c1-16-5-9-20(16)15-25-23-12-10-19-13-18(8-11-22(19)23)7-6-17-3-2-4-21(24)14-17/h2-5,8-9,11,13-14,16,20,23,25H,10,12,15H2,1H3. The molecule has 0 saturated heterocycles. The number of rotatable bonds is 3. The van der Waals surface area contributed by atoms with Gasteiger partial charge < -0.3 is 5.32 Å². The summed E-state index contributed by atoms with van der Waals surface area (Å²) in [5.41, 5.74) is 4.51. The van der Waals surface area contributed by atoms with Gasteiger partial charge in [-0.2, -0.15) is 0 Å². The molecule has 2 aliphatic carbocycles. The first-order valence-corrected chi connectivity index (χ1v) is 9.01. The number of aryl methyl sites for hydroxylation is 1. The van der Waals surface area contributed by atoms with E-state index in [-0.39, 0.29) is 5.82 Å². The van der Waals surface area contributed by atoms with Gasteiger partial charge in [0, 0.05) is 23.7 Å². The first-order valence-electron chi connectivity index (χ1n) is 9.01. The van der Waals surface area contributed by atoms with Gasteiger partial charge in [-0.1, -0.05) is 43.0 Å². The van der Waals surface area contributed by atoms with E-state index in [1.807, 2.05) is 6.07 Å². The van der Waals surface area contributed by atoms with E-state index < -0.39 is 0 Å². The first-order chi connectivity index (χ1) is 12.2. The van der Waals surface area contributed by atoms with Gasteiger partial charge in [-0.15, -0.1) is 0 Å². The highest BCUT2D eigenvalue weighted by molar-refractivity contribution is 5.47. The lowest BCUT2D eigenvalue weighted by atomic mass is 9.83. The molecular formula is C23H22FN. The number of benzene rings is 2. The van der Waals surface area contributed by atoms with E-state index in [0.29, 0.717) is 23.4 Å². The molecule has 0 heterocycles. The highest BCUT2D eigenvalue weighted by Gasteiger charge is 2.25. The van der Waals surface area contributed by atoms with Crippen LogP contribution >= 0.6 is 0 Å². The van der Waals surface area contributed by atoms with Crippen molar-refractivity contribution >= 4 is 0 Å². The van der Waals surface area contributed by atoms with Crippen LogP contribution in [0.4, 0.5) is 4.39 Å². The van der Waals surface area contributed by atoms with Crippen molar-refractivity contribution in [1.82, 2.24) is 5.32 Å². The Balaban J connectivity index is 1.45. The van der Waals surface area contributed by atoms with Crippen molar-refractivity contribution < 1.29 is 4.39 Å². The predicted octanol–water partition coefficient (Wildman–Crippen LogP) is 4.62. The molecule has 25 heavy (non-hydrogen) atoms. The number of nitrogens with one attached hydrogen (secondary N) is 1. The molecule has 0 bridgehead atoms. The molecule has 0 saturated carbocycles. The Bertz CT molecular complexity index is 871. The van der Waals surface area contributed by atoms with E-state index in [1.54, 1.807) is 6.07 Å². The second-order valence-electron chi connectivity index (χ2n) is 7.08. The Labute approximate surface area is 149 Å². The lowest BCUT2D eigenvalue weighted by molar-refractivity contribution is 0.395. The van der Waals surface area contributed by atoms with Crippen LogP contribution in [0.5, 0.6) is 0 Å². The Morgan fingerprint density at radius 2 is 1.92 bits per heavy atom. The molecular weight excluding hydrogens is 309 g/mol. The lowest BCUT2D eigenvalue weighted by Gasteiger charge is -2.28. The third-order valence-electron chi connectivity index (χ3n) is 5.33. The van der Waals surface area contributed by atoms with Crippen molar-refractivity contribution in [1.29, 1.82) is 0 Å². The van der Waals surface area contributed by atoms with Crippen molar-refractivity contribution in [2.24, 2.45) is 11.8 Å². The van der Waals surface area contributed by atoms with Crippen LogP contribution in [0.1, 0.15) is 41.6 Å². The summed E-state index contributed by atoms with van der Waals surface area (Å²) in [5, 5.41) is 3.72. The maximum atomic E-state index is 13.2. The minimum absolute atomic E-state index is 0.245. The van der Waals surface area contributed by atoms with Crippen LogP contribution in [0.15, 0.2) is 54.6 Å². The van der Waals surface area contributed by atoms with E-state index in [2.05, 4.69) is 54.4 Å². The average molecular weight is 331 g/mol. The van der Waals surface area contributed by atoms with Crippen LogP contribution in [-0.4, -0.2) is 6.54 Å². The fraction of sp³-hybridized carbons (Fsp3) is 0.304. The highest BCUT2D eigenvalue weighted by atomic mass is 19.1.